The maximum atomic E-state index is 12.0. The lowest BCUT2D eigenvalue weighted by Crippen LogP contribution is -2.40. The monoisotopic (exact) mass is 449 g/mol. The first-order valence-electron chi connectivity index (χ1n) is 10.4. The highest BCUT2D eigenvalue weighted by Crippen LogP contribution is 2.42. The van der Waals surface area contributed by atoms with Crippen LogP contribution < -0.4 is 10.6 Å². The number of thioether (sulfide) groups is 1. The number of fused-ring (bicyclic) bond motifs is 1. The van der Waals surface area contributed by atoms with Gasteiger partial charge in [-0.25, -0.2) is 4.79 Å². The number of aryl methyl sites for hydroxylation is 1. The van der Waals surface area contributed by atoms with E-state index < -0.39 is 6.03 Å². The number of rotatable bonds is 6. The first kappa shape index (κ1) is 22.8. The van der Waals surface area contributed by atoms with E-state index in [4.69, 9.17) is 0 Å². The summed E-state index contributed by atoms with van der Waals surface area (Å²) in [7, 11) is 1.92. The van der Waals surface area contributed by atoms with Crippen molar-refractivity contribution in [3.63, 3.8) is 0 Å². The maximum absolute atomic E-state index is 12.0. The van der Waals surface area contributed by atoms with Crippen LogP contribution in [0.5, 0.6) is 0 Å². The molecule has 0 aliphatic heterocycles. The van der Waals surface area contributed by atoms with Gasteiger partial charge in [-0.2, -0.15) is 0 Å². The van der Waals surface area contributed by atoms with Crippen LogP contribution in [0.15, 0.2) is 11.2 Å². The van der Waals surface area contributed by atoms with Crippen molar-refractivity contribution in [2.45, 2.75) is 58.5 Å². The zero-order valence-electron chi connectivity index (χ0n) is 18.4. The molecule has 164 valence electrons. The van der Waals surface area contributed by atoms with Gasteiger partial charge < -0.3 is 9.88 Å². The summed E-state index contributed by atoms with van der Waals surface area (Å²) < 4.78 is 1.92. The van der Waals surface area contributed by atoms with Crippen molar-refractivity contribution in [1.29, 1.82) is 0 Å². The molecule has 0 spiro atoms. The lowest BCUT2D eigenvalue weighted by atomic mass is 9.72. The number of urea groups is 1. The van der Waals surface area contributed by atoms with Crippen molar-refractivity contribution < 1.29 is 9.59 Å². The van der Waals surface area contributed by atoms with E-state index in [0.717, 1.165) is 30.0 Å². The van der Waals surface area contributed by atoms with Crippen LogP contribution in [0.4, 0.5) is 4.79 Å². The molecule has 0 aromatic carbocycles. The molecule has 0 fully saturated rings. The molecule has 7 nitrogen and oxygen atoms in total. The molecule has 2 N–H and O–H groups in total. The second-order valence-electron chi connectivity index (χ2n) is 8.82. The zero-order chi connectivity index (χ0) is 21.9. The van der Waals surface area contributed by atoms with Gasteiger partial charge in [0, 0.05) is 18.5 Å². The summed E-state index contributed by atoms with van der Waals surface area (Å²) >= 11 is 3.08. The number of amides is 3. The lowest BCUT2D eigenvalue weighted by Gasteiger charge is -2.33. The van der Waals surface area contributed by atoms with Crippen LogP contribution in [0.25, 0.3) is 10.7 Å². The fourth-order valence-electron chi connectivity index (χ4n) is 3.60. The lowest BCUT2D eigenvalue weighted by molar-refractivity contribution is -0.117. The van der Waals surface area contributed by atoms with Crippen LogP contribution in [0, 0.1) is 11.3 Å². The molecule has 2 aromatic rings. The molecule has 2 aromatic heterocycles. The molecule has 3 amide bonds. The Hall–Kier alpha value is -1.87. The molecular formula is C21H31N5O2S2. The molecule has 2 heterocycles. The van der Waals surface area contributed by atoms with Gasteiger partial charge in [0.25, 0.3) is 0 Å². The normalized spacial score (nSPS) is 16.2. The largest absolute Gasteiger partial charge is 0.338 e. The van der Waals surface area contributed by atoms with Gasteiger partial charge in [-0.1, -0.05) is 39.5 Å². The molecule has 0 radical (unpaired) electrons. The van der Waals surface area contributed by atoms with Gasteiger partial charge >= 0.3 is 6.03 Å². The van der Waals surface area contributed by atoms with Crippen molar-refractivity contribution in [2.75, 3.05) is 12.3 Å². The summed E-state index contributed by atoms with van der Waals surface area (Å²) in [5.74, 6) is 1.29. The number of aromatic nitrogens is 3. The standard InChI is InChI=1S/C21H31N5O2S2/c1-6-9-22-19(28)23-17(27)12-29-20-25-24-18(26(20)5)16-11-13-10-14(21(2,3)4)7-8-15(13)30-16/h11,14H,6-10,12H2,1-5H3,(H2,22,23,27,28). The molecule has 1 aliphatic rings. The Bertz CT molecular complexity index is 913. The fourth-order valence-corrected chi connectivity index (χ4v) is 5.54. The van der Waals surface area contributed by atoms with Gasteiger partial charge in [0.15, 0.2) is 11.0 Å². The molecule has 1 aliphatic carbocycles. The molecule has 0 bridgehead atoms. The Balaban J connectivity index is 1.63. The molecule has 1 atom stereocenters. The van der Waals surface area contributed by atoms with E-state index in [1.165, 1.54) is 28.6 Å². The van der Waals surface area contributed by atoms with Crippen LogP contribution in [0.2, 0.25) is 0 Å². The summed E-state index contributed by atoms with van der Waals surface area (Å²) in [6, 6.07) is 1.81. The fraction of sp³-hybridized carbons (Fsp3) is 0.619. The van der Waals surface area contributed by atoms with Crippen molar-refractivity contribution >= 4 is 35.0 Å². The molecule has 3 rings (SSSR count). The summed E-state index contributed by atoms with van der Waals surface area (Å²) in [6.07, 6.45) is 4.30. The smallest absolute Gasteiger partial charge is 0.321 e. The van der Waals surface area contributed by atoms with Crippen molar-refractivity contribution in [3.05, 3.63) is 16.5 Å². The Morgan fingerprint density at radius 3 is 2.80 bits per heavy atom. The maximum Gasteiger partial charge on any atom is 0.321 e. The summed E-state index contributed by atoms with van der Waals surface area (Å²) in [4.78, 5) is 26.1. The summed E-state index contributed by atoms with van der Waals surface area (Å²) in [5, 5.41) is 14.2. The van der Waals surface area contributed by atoms with E-state index in [1.54, 1.807) is 11.3 Å². The Morgan fingerprint density at radius 2 is 2.10 bits per heavy atom. The van der Waals surface area contributed by atoms with E-state index in [1.807, 2.05) is 18.5 Å². The third kappa shape index (κ3) is 5.43. The number of imide groups is 1. The Kier molecular flexibility index (Phi) is 7.23. The minimum absolute atomic E-state index is 0.111. The number of hydrogen-bond acceptors (Lipinski definition) is 6. The first-order valence-corrected chi connectivity index (χ1v) is 12.2. The van der Waals surface area contributed by atoms with Gasteiger partial charge in [-0.3, -0.25) is 10.1 Å². The molecular weight excluding hydrogens is 418 g/mol. The first-order chi connectivity index (χ1) is 14.2. The van der Waals surface area contributed by atoms with Gasteiger partial charge in [0.2, 0.25) is 5.91 Å². The number of carbonyl (C=O) groups is 2. The van der Waals surface area contributed by atoms with Crippen LogP contribution in [0.1, 0.15) is 51.0 Å². The number of nitrogens with one attached hydrogen (secondary N) is 2. The van der Waals surface area contributed by atoms with Gasteiger partial charge in [-0.15, -0.1) is 21.5 Å². The SMILES string of the molecule is CCCNC(=O)NC(=O)CSc1nnc(-c2cc3c(s2)CCC(C(C)(C)C)C3)n1C. The second-order valence-corrected chi connectivity index (χ2v) is 10.9. The molecule has 0 saturated carbocycles. The average Bonchev–Trinajstić information content (AvgIpc) is 3.26. The zero-order valence-corrected chi connectivity index (χ0v) is 20.0. The van der Waals surface area contributed by atoms with Crippen molar-refractivity contribution in [3.8, 4) is 10.7 Å². The van der Waals surface area contributed by atoms with E-state index in [-0.39, 0.29) is 11.7 Å². The predicted octanol–water partition coefficient (Wildman–Crippen LogP) is 4.02. The molecule has 0 saturated heterocycles. The average molecular weight is 450 g/mol. The highest BCUT2D eigenvalue weighted by molar-refractivity contribution is 7.99. The highest BCUT2D eigenvalue weighted by atomic mass is 32.2. The predicted molar refractivity (Wildman–Crippen MR) is 122 cm³/mol. The number of thiophene rings is 1. The van der Waals surface area contributed by atoms with Gasteiger partial charge in [-0.05, 0) is 48.6 Å². The Labute approximate surface area is 186 Å². The summed E-state index contributed by atoms with van der Waals surface area (Å²) in [5.41, 5.74) is 1.76. The van der Waals surface area contributed by atoms with E-state index in [0.29, 0.717) is 23.0 Å². The van der Waals surface area contributed by atoms with Crippen LogP contribution in [-0.4, -0.2) is 39.0 Å². The third-order valence-corrected chi connectivity index (χ3v) is 7.74. The molecule has 1 unspecified atom stereocenters. The number of hydrogen-bond donors (Lipinski definition) is 2. The molecule has 30 heavy (non-hydrogen) atoms. The van der Waals surface area contributed by atoms with E-state index in [9.17, 15) is 9.59 Å². The highest BCUT2D eigenvalue weighted by Gasteiger charge is 2.30. The third-order valence-electron chi connectivity index (χ3n) is 5.48. The quantitative estimate of drug-likeness (QED) is 0.650. The van der Waals surface area contributed by atoms with Gasteiger partial charge in [0.05, 0.1) is 10.6 Å². The number of nitrogens with zero attached hydrogens (tertiary/aromatic N) is 3. The topological polar surface area (TPSA) is 88.9 Å². The second kappa shape index (κ2) is 9.51. The van der Waals surface area contributed by atoms with E-state index >= 15 is 0 Å². The summed E-state index contributed by atoms with van der Waals surface area (Å²) in [6.45, 7) is 9.47. The van der Waals surface area contributed by atoms with Gasteiger partial charge in [0.1, 0.15) is 0 Å². The van der Waals surface area contributed by atoms with Crippen LogP contribution >= 0.6 is 23.1 Å². The van der Waals surface area contributed by atoms with Crippen molar-refractivity contribution in [2.24, 2.45) is 18.4 Å². The Morgan fingerprint density at radius 1 is 1.33 bits per heavy atom. The van der Waals surface area contributed by atoms with Crippen LogP contribution in [-0.2, 0) is 24.7 Å². The minimum atomic E-state index is -0.459. The van der Waals surface area contributed by atoms with E-state index in [2.05, 4.69) is 47.7 Å². The minimum Gasteiger partial charge on any atom is -0.338 e. The molecule has 9 heteroatoms. The number of carbonyl (C=O) groups excluding carboxylic acids is 2. The van der Waals surface area contributed by atoms with Crippen molar-refractivity contribution in [1.82, 2.24) is 25.4 Å². The van der Waals surface area contributed by atoms with Crippen LogP contribution in [0.3, 0.4) is 0 Å².